The molecule has 1 aliphatic heterocycles. The highest BCUT2D eigenvalue weighted by Gasteiger charge is 2.32. The van der Waals surface area contributed by atoms with Crippen molar-refractivity contribution in [3.05, 3.63) is 29.8 Å². The summed E-state index contributed by atoms with van der Waals surface area (Å²) in [4.78, 5) is 37.9. The first-order valence-electron chi connectivity index (χ1n) is 8.51. The van der Waals surface area contributed by atoms with Crippen molar-refractivity contribution < 1.29 is 19.1 Å². The van der Waals surface area contributed by atoms with E-state index in [1.54, 1.807) is 24.3 Å². The number of methoxy groups -OCH3 is 1. The van der Waals surface area contributed by atoms with Crippen molar-refractivity contribution in [2.24, 2.45) is 11.3 Å². The minimum absolute atomic E-state index is 0.0475. The molecule has 0 radical (unpaired) electrons. The van der Waals surface area contributed by atoms with Gasteiger partial charge in [-0.2, -0.15) is 0 Å². The van der Waals surface area contributed by atoms with E-state index >= 15 is 0 Å². The fraction of sp³-hybridized carbons (Fsp3) is 0.526. The van der Waals surface area contributed by atoms with Crippen LogP contribution in [0.1, 0.15) is 44.0 Å². The summed E-state index contributed by atoms with van der Waals surface area (Å²) in [5.74, 6) is -0.434. The highest BCUT2D eigenvalue weighted by molar-refractivity contribution is 5.94. The van der Waals surface area contributed by atoms with Gasteiger partial charge in [-0.05, 0) is 37.1 Å². The second-order valence-corrected chi connectivity index (χ2v) is 7.37. The zero-order chi connectivity index (χ0) is 18.6. The lowest BCUT2D eigenvalue weighted by Gasteiger charge is -2.35. The van der Waals surface area contributed by atoms with E-state index in [1.807, 2.05) is 25.7 Å². The largest absolute Gasteiger partial charge is 0.465 e. The maximum absolute atomic E-state index is 12.4. The first kappa shape index (κ1) is 19.0. The molecule has 136 valence electrons. The predicted octanol–water partition coefficient (Wildman–Crippen LogP) is 2.70. The van der Waals surface area contributed by atoms with Gasteiger partial charge in [0.05, 0.1) is 12.7 Å². The van der Waals surface area contributed by atoms with Gasteiger partial charge in [-0.15, -0.1) is 0 Å². The molecule has 1 heterocycles. The van der Waals surface area contributed by atoms with Gasteiger partial charge in [-0.1, -0.05) is 20.8 Å². The summed E-state index contributed by atoms with van der Waals surface area (Å²) in [6.07, 6.45) is 1.32. The standard InChI is InChI=1S/C19H26N2O4/c1-19(2,3)18(24)21-11-9-13(10-12-21)16(22)20-15-7-5-14(6-8-15)17(23)25-4/h5-8,13H,9-12H2,1-4H3,(H,20,22). The van der Waals surface area contributed by atoms with Crippen LogP contribution in [0.15, 0.2) is 24.3 Å². The average Bonchev–Trinajstić information content (AvgIpc) is 2.60. The molecule has 0 unspecified atom stereocenters. The van der Waals surface area contributed by atoms with Crippen LogP contribution in [0.25, 0.3) is 0 Å². The fourth-order valence-corrected chi connectivity index (χ4v) is 2.87. The number of ether oxygens (including phenoxy) is 1. The zero-order valence-electron chi connectivity index (χ0n) is 15.3. The number of piperidine rings is 1. The smallest absolute Gasteiger partial charge is 0.337 e. The summed E-state index contributed by atoms with van der Waals surface area (Å²) in [6, 6.07) is 6.60. The van der Waals surface area contributed by atoms with Crippen LogP contribution in [-0.2, 0) is 14.3 Å². The maximum atomic E-state index is 12.4. The summed E-state index contributed by atoms with van der Waals surface area (Å²) >= 11 is 0. The number of benzene rings is 1. The Labute approximate surface area is 148 Å². The molecule has 1 saturated heterocycles. The number of carbonyl (C=O) groups is 3. The Morgan fingerprint density at radius 1 is 1.08 bits per heavy atom. The first-order chi connectivity index (χ1) is 11.7. The van der Waals surface area contributed by atoms with Crippen molar-refractivity contribution in [3.8, 4) is 0 Å². The van der Waals surface area contributed by atoms with Crippen molar-refractivity contribution in [1.29, 1.82) is 0 Å². The Morgan fingerprint density at radius 2 is 1.64 bits per heavy atom. The van der Waals surface area contributed by atoms with Crippen LogP contribution < -0.4 is 5.32 Å². The molecule has 1 aromatic rings. The SMILES string of the molecule is COC(=O)c1ccc(NC(=O)C2CCN(C(=O)C(C)(C)C)CC2)cc1. The number of anilines is 1. The zero-order valence-corrected chi connectivity index (χ0v) is 15.3. The molecule has 1 fully saturated rings. The summed E-state index contributed by atoms with van der Waals surface area (Å²) < 4.78 is 4.65. The monoisotopic (exact) mass is 346 g/mol. The van der Waals surface area contributed by atoms with E-state index in [0.29, 0.717) is 37.2 Å². The van der Waals surface area contributed by atoms with E-state index in [0.717, 1.165) is 0 Å². The van der Waals surface area contributed by atoms with Crippen LogP contribution >= 0.6 is 0 Å². The van der Waals surface area contributed by atoms with Crippen LogP contribution in [0, 0.1) is 11.3 Å². The van der Waals surface area contributed by atoms with Gasteiger partial charge in [0.25, 0.3) is 0 Å². The van der Waals surface area contributed by atoms with Gasteiger partial charge in [0.15, 0.2) is 0 Å². The number of hydrogen-bond donors (Lipinski definition) is 1. The van der Waals surface area contributed by atoms with Gasteiger partial charge in [-0.3, -0.25) is 9.59 Å². The van der Waals surface area contributed by atoms with E-state index in [-0.39, 0.29) is 17.7 Å². The molecule has 0 spiro atoms. The van der Waals surface area contributed by atoms with E-state index in [2.05, 4.69) is 10.1 Å². The summed E-state index contributed by atoms with van der Waals surface area (Å²) in [5.41, 5.74) is 0.691. The Morgan fingerprint density at radius 3 is 2.12 bits per heavy atom. The number of nitrogens with one attached hydrogen (secondary N) is 1. The van der Waals surface area contributed by atoms with Crippen LogP contribution in [0.4, 0.5) is 5.69 Å². The normalized spacial score (nSPS) is 15.6. The Hall–Kier alpha value is -2.37. The highest BCUT2D eigenvalue weighted by atomic mass is 16.5. The number of rotatable bonds is 3. The second-order valence-electron chi connectivity index (χ2n) is 7.37. The Balaban J connectivity index is 1.88. The molecule has 2 amide bonds. The maximum Gasteiger partial charge on any atom is 0.337 e. The van der Waals surface area contributed by atoms with Crippen LogP contribution in [0.3, 0.4) is 0 Å². The molecule has 0 aromatic heterocycles. The minimum Gasteiger partial charge on any atom is -0.465 e. The molecule has 25 heavy (non-hydrogen) atoms. The quantitative estimate of drug-likeness (QED) is 0.854. The van der Waals surface area contributed by atoms with Crippen molar-refractivity contribution in [1.82, 2.24) is 4.90 Å². The number of hydrogen-bond acceptors (Lipinski definition) is 4. The van der Waals surface area contributed by atoms with Crippen LogP contribution in [0.5, 0.6) is 0 Å². The van der Waals surface area contributed by atoms with Crippen molar-refractivity contribution in [2.45, 2.75) is 33.6 Å². The second kappa shape index (κ2) is 7.68. The van der Waals surface area contributed by atoms with Gasteiger partial charge in [0.2, 0.25) is 11.8 Å². The molecule has 1 N–H and O–H groups in total. The topological polar surface area (TPSA) is 75.7 Å². The summed E-state index contributed by atoms with van der Waals surface area (Å²) in [6.45, 7) is 6.94. The molecule has 0 saturated carbocycles. The van der Waals surface area contributed by atoms with E-state index in [9.17, 15) is 14.4 Å². The lowest BCUT2D eigenvalue weighted by atomic mass is 9.90. The number of nitrogens with zero attached hydrogens (tertiary/aromatic N) is 1. The molecule has 6 heteroatoms. The molecule has 0 aliphatic carbocycles. The van der Waals surface area contributed by atoms with E-state index < -0.39 is 11.4 Å². The lowest BCUT2D eigenvalue weighted by molar-refractivity contribution is -0.142. The van der Waals surface area contributed by atoms with E-state index in [4.69, 9.17) is 0 Å². The number of likely N-dealkylation sites (tertiary alicyclic amines) is 1. The third-order valence-corrected chi connectivity index (χ3v) is 4.37. The molecular weight excluding hydrogens is 320 g/mol. The molecule has 6 nitrogen and oxygen atoms in total. The molecule has 2 rings (SSSR count). The van der Waals surface area contributed by atoms with Gasteiger partial charge < -0.3 is 15.0 Å². The first-order valence-corrected chi connectivity index (χ1v) is 8.51. The highest BCUT2D eigenvalue weighted by Crippen LogP contribution is 2.24. The number of amides is 2. The molecule has 1 aromatic carbocycles. The molecular formula is C19H26N2O4. The lowest BCUT2D eigenvalue weighted by Crippen LogP contribution is -2.45. The van der Waals surface area contributed by atoms with Gasteiger partial charge >= 0.3 is 5.97 Å². The van der Waals surface area contributed by atoms with Gasteiger partial charge in [0.1, 0.15) is 0 Å². The third kappa shape index (κ3) is 4.81. The summed E-state index contributed by atoms with van der Waals surface area (Å²) in [7, 11) is 1.33. The van der Waals surface area contributed by atoms with Crippen LogP contribution in [0.2, 0.25) is 0 Å². The average molecular weight is 346 g/mol. The minimum atomic E-state index is -0.409. The fourth-order valence-electron chi connectivity index (χ4n) is 2.87. The number of carbonyl (C=O) groups excluding carboxylic acids is 3. The molecule has 0 atom stereocenters. The molecule has 0 bridgehead atoms. The van der Waals surface area contributed by atoms with Crippen molar-refractivity contribution >= 4 is 23.5 Å². The number of esters is 1. The van der Waals surface area contributed by atoms with Crippen LogP contribution in [-0.4, -0.2) is 42.9 Å². The summed E-state index contributed by atoms with van der Waals surface area (Å²) in [5, 5.41) is 2.88. The Kier molecular flexibility index (Phi) is 5.82. The Bertz CT molecular complexity index is 638. The predicted molar refractivity (Wildman–Crippen MR) is 95.2 cm³/mol. The van der Waals surface area contributed by atoms with Crippen molar-refractivity contribution in [3.63, 3.8) is 0 Å². The van der Waals surface area contributed by atoms with Gasteiger partial charge in [-0.25, -0.2) is 4.79 Å². The molecule has 1 aliphatic rings. The van der Waals surface area contributed by atoms with Crippen molar-refractivity contribution in [2.75, 3.05) is 25.5 Å². The van der Waals surface area contributed by atoms with E-state index in [1.165, 1.54) is 7.11 Å². The third-order valence-electron chi connectivity index (χ3n) is 4.37. The van der Waals surface area contributed by atoms with Gasteiger partial charge in [0, 0.05) is 30.1 Å².